The molecule has 22 heavy (non-hydrogen) atoms. The maximum Gasteiger partial charge on any atom is 0.267 e. The number of aryl methyl sites for hydroxylation is 1. The van der Waals surface area contributed by atoms with Crippen molar-refractivity contribution in [2.75, 3.05) is 20.2 Å². The lowest BCUT2D eigenvalue weighted by Gasteiger charge is -2.15. The highest BCUT2D eigenvalue weighted by atomic mass is 16.5. The van der Waals surface area contributed by atoms with Gasteiger partial charge in [0.15, 0.2) is 0 Å². The van der Waals surface area contributed by atoms with Crippen molar-refractivity contribution in [3.05, 3.63) is 29.5 Å². The van der Waals surface area contributed by atoms with Gasteiger partial charge < -0.3 is 20.4 Å². The van der Waals surface area contributed by atoms with E-state index in [1.807, 2.05) is 25.1 Å². The Balaban J connectivity index is 1.80. The lowest BCUT2D eigenvalue weighted by molar-refractivity contribution is 0.0931. The number of carbonyl (C=O) groups is 1. The number of rotatable bonds is 3. The fraction of sp³-hybridized carbons (Fsp3) is 0.471. The van der Waals surface area contributed by atoms with Crippen molar-refractivity contribution in [1.82, 2.24) is 15.6 Å². The first-order valence-electron chi connectivity index (χ1n) is 7.86. The SMILES string of the molecule is COc1cc(C)c2cc(C(=O)N[C@H]3CCCCNC3)[nH]c2c1. The van der Waals surface area contributed by atoms with Crippen molar-refractivity contribution >= 4 is 16.8 Å². The Kier molecular flexibility index (Phi) is 4.34. The number of aromatic nitrogens is 1. The van der Waals surface area contributed by atoms with Gasteiger partial charge in [-0.15, -0.1) is 0 Å². The number of nitrogens with one attached hydrogen (secondary N) is 3. The highest BCUT2D eigenvalue weighted by Gasteiger charge is 2.17. The molecule has 5 heteroatoms. The zero-order valence-corrected chi connectivity index (χ0v) is 13.2. The molecule has 1 aliphatic heterocycles. The number of hydrogen-bond donors (Lipinski definition) is 3. The van der Waals surface area contributed by atoms with Gasteiger partial charge in [0.05, 0.1) is 7.11 Å². The van der Waals surface area contributed by atoms with E-state index >= 15 is 0 Å². The molecule has 1 aromatic heterocycles. The second-order valence-corrected chi connectivity index (χ2v) is 5.96. The number of benzene rings is 1. The average molecular weight is 301 g/mol. The smallest absolute Gasteiger partial charge is 0.267 e. The van der Waals surface area contributed by atoms with Gasteiger partial charge >= 0.3 is 0 Å². The number of ether oxygens (including phenoxy) is 1. The minimum atomic E-state index is -0.0386. The summed E-state index contributed by atoms with van der Waals surface area (Å²) in [5.74, 6) is 0.759. The third kappa shape index (κ3) is 3.09. The number of amides is 1. The average Bonchev–Trinajstić information content (AvgIpc) is 2.79. The Bertz CT molecular complexity index is 670. The Hall–Kier alpha value is -2.01. The van der Waals surface area contributed by atoms with E-state index in [2.05, 4.69) is 15.6 Å². The van der Waals surface area contributed by atoms with Crippen LogP contribution < -0.4 is 15.4 Å². The summed E-state index contributed by atoms with van der Waals surface area (Å²) < 4.78 is 5.28. The van der Waals surface area contributed by atoms with E-state index < -0.39 is 0 Å². The maximum atomic E-state index is 12.5. The quantitative estimate of drug-likeness (QED) is 0.815. The van der Waals surface area contributed by atoms with E-state index in [0.717, 1.165) is 48.1 Å². The zero-order valence-electron chi connectivity index (χ0n) is 13.2. The molecule has 1 fully saturated rings. The van der Waals surface area contributed by atoms with Crippen LogP contribution in [0.15, 0.2) is 18.2 Å². The van der Waals surface area contributed by atoms with Crippen LogP contribution in [0.1, 0.15) is 35.3 Å². The van der Waals surface area contributed by atoms with Crippen LogP contribution in [0.5, 0.6) is 5.75 Å². The molecule has 0 unspecified atom stereocenters. The van der Waals surface area contributed by atoms with Crippen molar-refractivity contribution in [2.24, 2.45) is 0 Å². The van der Waals surface area contributed by atoms with Crippen LogP contribution in [0, 0.1) is 6.92 Å². The van der Waals surface area contributed by atoms with Gasteiger partial charge in [-0.3, -0.25) is 4.79 Å². The summed E-state index contributed by atoms with van der Waals surface area (Å²) >= 11 is 0. The molecule has 2 heterocycles. The van der Waals surface area contributed by atoms with Gasteiger partial charge in [-0.2, -0.15) is 0 Å². The standard InChI is InChI=1S/C17H23N3O2/c1-11-7-13(22-2)8-15-14(11)9-16(20-15)17(21)19-12-5-3-4-6-18-10-12/h7-9,12,18,20H,3-6,10H2,1-2H3,(H,19,21)/t12-/m0/s1. The highest BCUT2D eigenvalue weighted by molar-refractivity contribution is 5.99. The van der Waals surface area contributed by atoms with E-state index in [0.29, 0.717) is 5.69 Å². The monoisotopic (exact) mass is 301 g/mol. The van der Waals surface area contributed by atoms with Crippen LogP contribution in [0.3, 0.4) is 0 Å². The summed E-state index contributed by atoms with van der Waals surface area (Å²) in [7, 11) is 1.65. The fourth-order valence-electron chi connectivity index (χ4n) is 3.03. The Labute approximate surface area is 130 Å². The molecule has 0 saturated carbocycles. The summed E-state index contributed by atoms with van der Waals surface area (Å²) in [6.45, 7) is 3.91. The molecule has 1 amide bonds. The number of aromatic amines is 1. The third-order valence-corrected chi connectivity index (χ3v) is 4.28. The second kappa shape index (κ2) is 6.40. The van der Waals surface area contributed by atoms with Crippen molar-refractivity contribution in [1.29, 1.82) is 0 Å². The predicted molar refractivity (Wildman–Crippen MR) is 87.6 cm³/mol. The van der Waals surface area contributed by atoms with Crippen molar-refractivity contribution in [3.63, 3.8) is 0 Å². The lowest BCUT2D eigenvalue weighted by atomic mass is 10.1. The zero-order chi connectivity index (χ0) is 15.5. The number of hydrogen-bond acceptors (Lipinski definition) is 3. The maximum absolute atomic E-state index is 12.5. The van der Waals surface area contributed by atoms with Crippen LogP contribution >= 0.6 is 0 Å². The molecule has 2 aromatic rings. The molecule has 5 nitrogen and oxygen atoms in total. The van der Waals surface area contributed by atoms with Gasteiger partial charge in [0, 0.05) is 29.6 Å². The number of fused-ring (bicyclic) bond motifs is 1. The first-order chi connectivity index (χ1) is 10.7. The molecular formula is C17H23N3O2. The highest BCUT2D eigenvalue weighted by Crippen LogP contribution is 2.25. The van der Waals surface area contributed by atoms with Gasteiger partial charge in [0.1, 0.15) is 11.4 Å². The molecule has 118 valence electrons. The van der Waals surface area contributed by atoms with E-state index in [1.165, 1.54) is 6.42 Å². The predicted octanol–water partition coefficient (Wildman–Crippen LogP) is 2.36. The molecule has 3 N–H and O–H groups in total. The summed E-state index contributed by atoms with van der Waals surface area (Å²) in [6.07, 6.45) is 3.37. The Morgan fingerprint density at radius 2 is 2.18 bits per heavy atom. The topological polar surface area (TPSA) is 66.2 Å². The molecule has 3 rings (SSSR count). The number of H-pyrrole nitrogens is 1. The van der Waals surface area contributed by atoms with Gasteiger partial charge in [0.25, 0.3) is 5.91 Å². The normalized spacial score (nSPS) is 18.9. The summed E-state index contributed by atoms with van der Waals surface area (Å²) in [6, 6.07) is 6.03. The van der Waals surface area contributed by atoms with Gasteiger partial charge in [-0.25, -0.2) is 0 Å². The van der Waals surface area contributed by atoms with E-state index in [9.17, 15) is 4.79 Å². The van der Waals surface area contributed by atoms with Crippen molar-refractivity contribution in [2.45, 2.75) is 32.2 Å². The lowest BCUT2D eigenvalue weighted by Crippen LogP contribution is -2.40. The van der Waals surface area contributed by atoms with Crippen molar-refractivity contribution < 1.29 is 9.53 Å². The molecule has 0 radical (unpaired) electrons. The summed E-state index contributed by atoms with van der Waals surface area (Å²) in [4.78, 5) is 15.7. The van der Waals surface area contributed by atoms with Gasteiger partial charge in [-0.05, 0) is 44.0 Å². The minimum Gasteiger partial charge on any atom is -0.497 e. The largest absolute Gasteiger partial charge is 0.497 e. The molecule has 1 aliphatic rings. The Morgan fingerprint density at radius 1 is 1.32 bits per heavy atom. The van der Waals surface area contributed by atoms with Crippen molar-refractivity contribution in [3.8, 4) is 5.75 Å². The molecule has 0 bridgehead atoms. The minimum absolute atomic E-state index is 0.0386. The third-order valence-electron chi connectivity index (χ3n) is 4.28. The first-order valence-corrected chi connectivity index (χ1v) is 7.86. The first kappa shape index (κ1) is 14.9. The van der Waals surface area contributed by atoms with E-state index in [1.54, 1.807) is 7.11 Å². The number of methoxy groups -OCH3 is 1. The summed E-state index contributed by atoms with van der Waals surface area (Å²) in [5, 5.41) is 7.54. The van der Waals surface area contributed by atoms with Crippen LogP contribution in [0.4, 0.5) is 0 Å². The van der Waals surface area contributed by atoms with E-state index in [-0.39, 0.29) is 11.9 Å². The second-order valence-electron chi connectivity index (χ2n) is 5.96. The molecule has 1 saturated heterocycles. The molecule has 0 spiro atoms. The molecule has 0 aliphatic carbocycles. The van der Waals surface area contributed by atoms with Gasteiger partial charge in [-0.1, -0.05) is 6.42 Å². The molecular weight excluding hydrogens is 278 g/mol. The van der Waals surface area contributed by atoms with Gasteiger partial charge in [0.2, 0.25) is 0 Å². The van der Waals surface area contributed by atoms with Crippen LogP contribution in [-0.2, 0) is 0 Å². The van der Waals surface area contributed by atoms with Crippen LogP contribution in [0.25, 0.3) is 10.9 Å². The van der Waals surface area contributed by atoms with Crippen LogP contribution in [0.2, 0.25) is 0 Å². The number of carbonyl (C=O) groups excluding carboxylic acids is 1. The molecule has 1 atom stereocenters. The Morgan fingerprint density at radius 3 is 3.00 bits per heavy atom. The fourth-order valence-corrected chi connectivity index (χ4v) is 3.03. The molecule has 1 aromatic carbocycles. The van der Waals surface area contributed by atoms with Crippen LogP contribution in [-0.4, -0.2) is 37.1 Å². The van der Waals surface area contributed by atoms with E-state index in [4.69, 9.17) is 4.74 Å². The summed E-state index contributed by atoms with van der Waals surface area (Å²) in [5.41, 5.74) is 2.64.